The molecule has 1 fully saturated rings. The molecule has 0 bridgehead atoms. The Bertz CT molecular complexity index is 492. The van der Waals surface area contributed by atoms with Gasteiger partial charge in [0.05, 0.1) is 6.61 Å². The number of amides is 1. The number of carbonyl (C=O) groups is 2. The van der Waals surface area contributed by atoms with Gasteiger partial charge in [-0.15, -0.1) is 0 Å². The van der Waals surface area contributed by atoms with Crippen molar-refractivity contribution >= 4 is 17.6 Å². The standard InChI is InChI=1S/C17H23NO4/c1-2-21-15-9-7-14(8-10-15)18-16(19)12-22-17(20)11-13-5-3-4-6-13/h7-10,13H,2-6,11-12H2,1H3,(H,18,19). The fourth-order valence-electron chi connectivity index (χ4n) is 2.65. The maximum atomic E-state index is 11.7. The highest BCUT2D eigenvalue weighted by molar-refractivity contribution is 5.92. The molecule has 2 rings (SSSR count). The van der Waals surface area contributed by atoms with Crippen molar-refractivity contribution in [2.45, 2.75) is 39.0 Å². The van der Waals surface area contributed by atoms with Crippen molar-refractivity contribution in [3.05, 3.63) is 24.3 Å². The highest BCUT2D eigenvalue weighted by Crippen LogP contribution is 2.27. The molecule has 0 aromatic heterocycles. The van der Waals surface area contributed by atoms with Crippen LogP contribution in [0.5, 0.6) is 5.75 Å². The van der Waals surface area contributed by atoms with Gasteiger partial charge in [-0.2, -0.15) is 0 Å². The van der Waals surface area contributed by atoms with E-state index >= 15 is 0 Å². The summed E-state index contributed by atoms with van der Waals surface area (Å²) < 4.78 is 10.4. The van der Waals surface area contributed by atoms with Crippen molar-refractivity contribution in [1.82, 2.24) is 0 Å². The van der Waals surface area contributed by atoms with Crippen molar-refractivity contribution in [1.29, 1.82) is 0 Å². The van der Waals surface area contributed by atoms with Crippen LogP contribution in [-0.2, 0) is 14.3 Å². The van der Waals surface area contributed by atoms with Gasteiger partial charge < -0.3 is 14.8 Å². The van der Waals surface area contributed by atoms with Crippen LogP contribution >= 0.6 is 0 Å². The van der Waals surface area contributed by atoms with Crippen molar-refractivity contribution < 1.29 is 19.1 Å². The van der Waals surface area contributed by atoms with Crippen LogP contribution < -0.4 is 10.1 Å². The van der Waals surface area contributed by atoms with Gasteiger partial charge in [0.1, 0.15) is 5.75 Å². The summed E-state index contributed by atoms with van der Waals surface area (Å²) in [5.74, 6) is 0.572. The molecule has 1 aliphatic carbocycles. The number of benzene rings is 1. The number of anilines is 1. The number of ether oxygens (including phenoxy) is 2. The largest absolute Gasteiger partial charge is 0.494 e. The van der Waals surface area contributed by atoms with Crippen LogP contribution in [0.2, 0.25) is 0 Å². The van der Waals surface area contributed by atoms with Crippen LogP contribution in [0.15, 0.2) is 24.3 Å². The van der Waals surface area contributed by atoms with Gasteiger partial charge in [-0.1, -0.05) is 12.8 Å². The summed E-state index contributed by atoms with van der Waals surface area (Å²) in [5.41, 5.74) is 0.653. The van der Waals surface area contributed by atoms with E-state index in [4.69, 9.17) is 9.47 Å². The number of carbonyl (C=O) groups excluding carboxylic acids is 2. The molecule has 1 N–H and O–H groups in total. The van der Waals surface area contributed by atoms with Gasteiger partial charge in [-0.25, -0.2) is 0 Å². The maximum Gasteiger partial charge on any atom is 0.306 e. The van der Waals surface area contributed by atoms with Crippen molar-refractivity contribution in [2.24, 2.45) is 5.92 Å². The highest BCUT2D eigenvalue weighted by atomic mass is 16.5. The lowest BCUT2D eigenvalue weighted by Gasteiger charge is -2.10. The van der Waals surface area contributed by atoms with Gasteiger partial charge in [0.25, 0.3) is 5.91 Å². The first-order valence-corrected chi connectivity index (χ1v) is 7.85. The molecule has 22 heavy (non-hydrogen) atoms. The number of nitrogens with one attached hydrogen (secondary N) is 1. The lowest BCUT2D eigenvalue weighted by molar-refractivity contribution is -0.148. The fraction of sp³-hybridized carbons (Fsp3) is 0.529. The van der Waals surface area contributed by atoms with Crippen molar-refractivity contribution in [3.8, 4) is 5.75 Å². The normalized spacial score (nSPS) is 14.6. The summed E-state index contributed by atoms with van der Waals surface area (Å²) in [5, 5.41) is 2.69. The molecule has 120 valence electrons. The Hall–Kier alpha value is -2.04. The first-order valence-electron chi connectivity index (χ1n) is 7.85. The second-order valence-electron chi connectivity index (χ2n) is 5.52. The summed E-state index contributed by atoms with van der Waals surface area (Å²) in [4.78, 5) is 23.4. The monoisotopic (exact) mass is 305 g/mol. The molecule has 0 radical (unpaired) electrons. The lowest BCUT2D eigenvalue weighted by atomic mass is 10.1. The van der Waals surface area contributed by atoms with Crippen LogP contribution in [0.4, 0.5) is 5.69 Å². The molecular weight excluding hydrogens is 282 g/mol. The Labute approximate surface area is 131 Å². The first-order chi connectivity index (χ1) is 10.7. The minimum atomic E-state index is -0.330. The maximum absolute atomic E-state index is 11.7. The summed E-state index contributed by atoms with van der Waals surface area (Å²) >= 11 is 0. The molecule has 0 saturated heterocycles. The summed E-state index contributed by atoms with van der Waals surface area (Å²) in [6, 6.07) is 7.07. The quantitative estimate of drug-likeness (QED) is 0.786. The van der Waals surface area contributed by atoms with Crippen LogP contribution in [0.1, 0.15) is 39.0 Å². The zero-order chi connectivity index (χ0) is 15.8. The first kappa shape index (κ1) is 16.3. The molecule has 0 aliphatic heterocycles. The number of hydrogen-bond acceptors (Lipinski definition) is 4. The second kappa shape index (κ2) is 8.41. The summed E-state index contributed by atoms with van der Waals surface area (Å²) in [6.45, 7) is 2.27. The predicted molar refractivity (Wildman–Crippen MR) is 83.8 cm³/mol. The van der Waals surface area contributed by atoms with Gasteiger partial charge in [0.15, 0.2) is 6.61 Å². The average Bonchev–Trinajstić information content (AvgIpc) is 3.00. The SMILES string of the molecule is CCOc1ccc(NC(=O)COC(=O)CC2CCCC2)cc1. The number of hydrogen-bond donors (Lipinski definition) is 1. The molecule has 1 saturated carbocycles. The van der Waals surface area contributed by atoms with E-state index in [9.17, 15) is 9.59 Å². The molecule has 1 aromatic carbocycles. The third-order valence-electron chi connectivity index (χ3n) is 3.74. The van der Waals surface area contributed by atoms with Crippen LogP contribution in [-0.4, -0.2) is 25.1 Å². The minimum Gasteiger partial charge on any atom is -0.494 e. The molecule has 5 heteroatoms. The summed E-state index contributed by atoms with van der Waals surface area (Å²) in [6.07, 6.45) is 4.99. The minimum absolute atomic E-state index is 0.237. The van der Waals surface area contributed by atoms with Crippen LogP contribution in [0.3, 0.4) is 0 Å². The Morgan fingerprint density at radius 1 is 1.18 bits per heavy atom. The predicted octanol–water partition coefficient (Wildman–Crippen LogP) is 3.15. The molecule has 0 unspecified atom stereocenters. The van der Waals surface area contributed by atoms with Crippen molar-refractivity contribution in [2.75, 3.05) is 18.5 Å². The van der Waals surface area contributed by atoms with E-state index in [1.165, 1.54) is 12.8 Å². The molecule has 1 aliphatic rings. The van der Waals surface area contributed by atoms with E-state index < -0.39 is 0 Å². The molecular formula is C17H23NO4. The molecule has 0 heterocycles. The van der Waals surface area contributed by atoms with E-state index in [1.54, 1.807) is 24.3 Å². The molecule has 0 spiro atoms. The Kier molecular flexibility index (Phi) is 6.25. The zero-order valence-corrected chi connectivity index (χ0v) is 13.0. The van der Waals surface area contributed by atoms with Gasteiger partial charge in [0, 0.05) is 12.1 Å². The van der Waals surface area contributed by atoms with E-state index in [1.807, 2.05) is 6.92 Å². The number of rotatable bonds is 7. The lowest BCUT2D eigenvalue weighted by Crippen LogP contribution is -2.21. The van der Waals surface area contributed by atoms with E-state index in [-0.39, 0.29) is 18.5 Å². The van der Waals surface area contributed by atoms with Gasteiger partial charge >= 0.3 is 5.97 Å². The Balaban J connectivity index is 1.69. The zero-order valence-electron chi connectivity index (χ0n) is 13.0. The van der Waals surface area contributed by atoms with Gasteiger partial charge in [-0.3, -0.25) is 9.59 Å². The third-order valence-corrected chi connectivity index (χ3v) is 3.74. The van der Waals surface area contributed by atoms with Gasteiger partial charge in [0.2, 0.25) is 0 Å². The van der Waals surface area contributed by atoms with E-state index in [0.717, 1.165) is 18.6 Å². The second-order valence-corrected chi connectivity index (χ2v) is 5.52. The smallest absolute Gasteiger partial charge is 0.306 e. The van der Waals surface area contributed by atoms with E-state index in [2.05, 4.69) is 5.32 Å². The van der Waals surface area contributed by atoms with Crippen LogP contribution in [0.25, 0.3) is 0 Å². The summed E-state index contributed by atoms with van der Waals surface area (Å²) in [7, 11) is 0. The van der Waals surface area contributed by atoms with E-state index in [0.29, 0.717) is 24.6 Å². The molecule has 0 atom stereocenters. The van der Waals surface area contributed by atoms with Crippen molar-refractivity contribution in [3.63, 3.8) is 0 Å². The molecule has 1 amide bonds. The van der Waals surface area contributed by atoms with Crippen LogP contribution in [0, 0.1) is 5.92 Å². The molecule has 1 aromatic rings. The third kappa shape index (κ3) is 5.39. The Morgan fingerprint density at radius 2 is 1.86 bits per heavy atom. The average molecular weight is 305 g/mol. The van der Waals surface area contributed by atoms with Gasteiger partial charge in [-0.05, 0) is 49.9 Å². The fourth-order valence-corrected chi connectivity index (χ4v) is 2.65. The Morgan fingerprint density at radius 3 is 2.50 bits per heavy atom. The molecule has 5 nitrogen and oxygen atoms in total. The number of esters is 1. The topological polar surface area (TPSA) is 64.6 Å². The highest BCUT2D eigenvalue weighted by Gasteiger charge is 2.19.